The van der Waals surface area contributed by atoms with E-state index in [0.29, 0.717) is 11.8 Å². The first-order chi connectivity index (χ1) is 8.81. The molecule has 0 saturated heterocycles. The van der Waals surface area contributed by atoms with Crippen LogP contribution in [-0.4, -0.2) is 44.9 Å². The van der Waals surface area contributed by atoms with E-state index in [1.165, 1.54) is 0 Å². The van der Waals surface area contributed by atoms with Crippen LogP contribution in [0.4, 0.5) is 0 Å². The molecule has 5 N–H and O–H groups in total. The van der Waals surface area contributed by atoms with Crippen LogP contribution in [-0.2, 0) is 0 Å². The smallest absolute Gasteiger partial charge is 0.0555 e. The van der Waals surface area contributed by atoms with Gasteiger partial charge in [0.1, 0.15) is 0 Å². The maximum Gasteiger partial charge on any atom is 0.0555 e. The van der Waals surface area contributed by atoms with Gasteiger partial charge in [-0.15, -0.1) is 0 Å². The summed E-state index contributed by atoms with van der Waals surface area (Å²) in [4.78, 5) is 0. The molecule has 4 nitrogen and oxygen atoms in total. The fourth-order valence-corrected chi connectivity index (χ4v) is 0.878. The van der Waals surface area contributed by atoms with E-state index in [1.54, 1.807) is 0 Å². The summed E-state index contributed by atoms with van der Waals surface area (Å²) in [6.07, 6.45) is 0. The molecule has 0 heterocycles. The van der Waals surface area contributed by atoms with Crippen molar-refractivity contribution in [1.82, 2.24) is 10.6 Å². The number of nitrogens with two attached hydrogens (primary N) is 1. The fraction of sp³-hybridized carbons (Fsp3) is 1.00. The zero-order valence-corrected chi connectivity index (χ0v) is 14.3. The largest absolute Gasteiger partial charge is 0.395 e. The number of aliphatic hydroxyl groups is 1. The molecule has 19 heavy (non-hydrogen) atoms. The Bertz CT molecular complexity index is 139. The van der Waals surface area contributed by atoms with Crippen LogP contribution >= 0.6 is 0 Å². The van der Waals surface area contributed by atoms with Gasteiger partial charge >= 0.3 is 0 Å². The second kappa shape index (κ2) is 20.2. The molecule has 0 atom stereocenters. The van der Waals surface area contributed by atoms with E-state index in [4.69, 9.17) is 10.8 Å². The van der Waals surface area contributed by atoms with Crippen LogP contribution < -0.4 is 16.4 Å². The standard InChI is InChI=1S/C6H15NO.C5H13N.C4H11N/c1-6(2)5-7-3-4-8;1-5(2)4-6-3;1-4(2)3-5/h6-8H,3-5H2,1-2H3;5-6H,4H2,1-3H3;4H,3,5H2,1-2H3. The Morgan fingerprint density at radius 3 is 1.47 bits per heavy atom. The predicted octanol–water partition coefficient (Wildman–Crippen LogP) is 1.69. The normalized spacial score (nSPS) is 10.1. The van der Waals surface area contributed by atoms with Gasteiger partial charge in [-0.1, -0.05) is 41.5 Å². The number of rotatable bonds is 7. The van der Waals surface area contributed by atoms with Gasteiger partial charge in [-0.25, -0.2) is 0 Å². The highest BCUT2D eigenvalue weighted by Gasteiger charge is 1.89. The molecular weight excluding hydrogens is 238 g/mol. The first kappa shape index (κ1) is 23.9. The van der Waals surface area contributed by atoms with Gasteiger partial charge in [-0.05, 0) is 44.4 Å². The molecule has 0 aliphatic heterocycles. The molecular formula is C15H39N3O. The second-order valence-electron chi connectivity index (χ2n) is 5.90. The Hall–Kier alpha value is -0.160. The first-order valence-electron chi connectivity index (χ1n) is 7.47. The predicted molar refractivity (Wildman–Crippen MR) is 87.5 cm³/mol. The first-order valence-corrected chi connectivity index (χ1v) is 7.47. The number of aliphatic hydroxyl groups excluding tert-OH is 1. The molecule has 0 saturated carbocycles. The number of nitrogens with one attached hydrogen (secondary N) is 2. The summed E-state index contributed by atoms with van der Waals surface area (Å²) in [5.74, 6) is 2.13. The van der Waals surface area contributed by atoms with Crippen molar-refractivity contribution in [2.24, 2.45) is 23.5 Å². The molecule has 0 unspecified atom stereocenters. The van der Waals surface area contributed by atoms with E-state index in [0.717, 1.165) is 32.1 Å². The van der Waals surface area contributed by atoms with Crippen LogP contribution in [0.25, 0.3) is 0 Å². The summed E-state index contributed by atoms with van der Waals surface area (Å²) in [6, 6.07) is 0. The van der Waals surface area contributed by atoms with E-state index in [-0.39, 0.29) is 6.61 Å². The summed E-state index contributed by atoms with van der Waals surface area (Å²) in [6.45, 7) is 16.8. The number of hydrogen-bond donors (Lipinski definition) is 4. The van der Waals surface area contributed by atoms with Crippen LogP contribution in [0.5, 0.6) is 0 Å². The molecule has 0 bridgehead atoms. The van der Waals surface area contributed by atoms with Crippen molar-refractivity contribution in [3.05, 3.63) is 0 Å². The third-order valence-corrected chi connectivity index (χ3v) is 1.92. The molecule has 0 aromatic rings. The third kappa shape index (κ3) is 46.2. The van der Waals surface area contributed by atoms with Gasteiger partial charge in [0, 0.05) is 6.54 Å². The second-order valence-corrected chi connectivity index (χ2v) is 5.90. The van der Waals surface area contributed by atoms with Gasteiger partial charge in [0.05, 0.1) is 6.61 Å². The average Bonchev–Trinajstić information content (AvgIpc) is 2.30. The maximum atomic E-state index is 8.32. The van der Waals surface area contributed by atoms with Gasteiger partial charge in [-0.3, -0.25) is 0 Å². The summed E-state index contributed by atoms with van der Waals surface area (Å²) in [7, 11) is 1.97. The lowest BCUT2D eigenvalue weighted by molar-refractivity contribution is 0.289. The Morgan fingerprint density at radius 1 is 0.895 bits per heavy atom. The molecule has 0 aliphatic rings. The van der Waals surface area contributed by atoms with Gasteiger partial charge in [0.15, 0.2) is 0 Å². The Morgan fingerprint density at radius 2 is 1.32 bits per heavy atom. The minimum atomic E-state index is 0.243. The SMILES string of the molecule is CC(C)CN.CC(C)CNCCO.CNCC(C)C. The van der Waals surface area contributed by atoms with Crippen molar-refractivity contribution in [2.45, 2.75) is 41.5 Å². The third-order valence-electron chi connectivity index (χ3n) is 1.92. The van der Waals surface area contributed by atoms with Crippen molar-refractivity contribution in [3.63, 3.8) is 0 Å². The molecule has 0 rings (SSSR count). The van der Waals surface area contributed by atoms with Crippen molar-refractivity contribution in [3.8, 4) is 0 Å². The summed E-state index contributed by atoms with van der Waals surface area (Å²) >= 11 is 0. The lowest BCUT2D eigenvalue weighted by Gasteiger charge is -2.03. The molecule has 0 aromatic heterocycles. The van der Waals surface area contributed by atoms with Crippen molar-refractivity contribution < 1.29 is 5.11 Å². The quantitative estimate of drug-likeness (QED) is 0.535. The van der Waals surface area contributed by atoms with Crippen LogP contribution in [0.3, 0.4) is 0 Å². The zero-order chi connectivity index (χ0) is 15.7. The van der Waals surface area contributed by atoms with E-state index >= 15 is 0 Å². The van der Waals surface area contributed by atoms with Gasteiger partial charge in [0.25, 0.3) is 0 Å². The fourth-order valence-electron chi connectivity index (χ4n) is 0.878. The molecule has 4 heteroatoms. The zero-order valence-electron chi connectivity index (χ0n) is 14.3. The molecule has 0 amide bonds. The number of hydrogen-bond acceptors (Lipinski definition) is 4. The van der Waals surface area contributed by atoms with Crippen LogP contribution in [0, 0.1) is 17.8 Å². The highest BCUT2D eigenvalue weighted by Crippen LogP contribution is 1.85. The van der Waals surface area contributed by atoms with Crippen molar-refractivity contribution in [1.29, 1.82) is 0 Å². The Balaban J connectivity index is -0.000000209. The Kier molecular flexibility index (Phi) is 25.4. The molecule has 0 aliphatic carbocycles. The van der Waals surface area contributed by atoms with Gasteiger partial charge in [0.2, 0.25) is 0 Å². The lowest BCUT2D eigenvalue weighted by Crippen LogP contribution is -2.22. The highest BCUT2D eigenvalue weighted by molar-refractivity contribution is 4.48. The molecule has 0 radical (unpaired) electrons. The van der Waals surface area contributed by atoms with Crippen LogP contribution in [0.1, 0.15) is 41.5 Å². The Labute approximate surface area is 121 Å². The van der Waals surface area contributed by atoms with E-state index in [9.17, 15) is 0 Å². The minimum absolute atomic E-state index is 0.243. The van der Waals surface area contributed by atoms with Crippen molar-refractivity contribution in [2.75, 3.05) is 39.8 Å². The summed E-state index contributed by atoms with van der Waals surface area (Å²) in [5, 5.41) is 14.5. The lowest BCUT2D eigenvalue weighted by atomic mass is 10.2. The molecule has 0 spiro atoms. The summed E-state index contributed by atoms with van der Waals surface area (Å²) < 4.78 is 0. The van der Waals surface area contributed by atoms with E-state index in [1.807, 2.05) is 7.05 Å². The van der Waals surface area contributed by atoms with Gasteiger partial charge < -0.3 is 21.5 Å². The van der Waals surface area contributed by atoms with E-state index in [2.05, 4.69) is 52.2 Å². The minimum Gasteiger partial charge on any atom is -0.395 e. The average molecular weight is 277 g/mol. The van der Waals surface area contributed by atoms with Gasteiger partial charge in [-0.2, -0.15) is 0 Å². The molecule has 0 fully saturated rings. The van der Waals surface area contributed by atoms with Crippen LogP contribution in [0.15, 0.2) is 0 Å². The van der Waals surface area contributed by atoms with Crippen molar-refractivity contribution >= 4 is 0 Å². The molecule has 120 valence electrons. The summed E-state index contributed by atoms with van der Waals surface area (Å²) in [5.41, 5.74) is 5.17. The maximum absolute atomic E-state index is 8.32. The molecule has 0 aromatic carbocycles. The van der Waals surface area contributed by atoms with Crippen LogP contribution in [0.2, 0.25) is 0 Å². The van der Waals surface area contributed by atoms with E-state index < -0.39 is 0 Å². The topological polar surface area (TPSA) is 70.3 Å². The highest BCUT2D eigenvalue weighted by atomic mass is 16.3. The monoisotopic (exact) mass is 277 g/mol.